The molecule has 114 valence electrons. The molecular weight excluding hydrogens is 298 g/mol. The minimum Gasteiger partial charge on any atom is -0.339 e. The van der Waals surface area contributed by atoms with Crippen molar-refractivity contribution in [3.63, 3.8) is 0 Å². The van der Waals surface area contributed by atoms with Gasteiger partial charge >= 0.3 is 0 Å². The van der Waals surface area contributed by atoms with Gasteiger partial charge < -0.3 is 4.52 Å². The van der Waals surface area contributed by atoms with Crippen LogP contribution in [0.15, 0.2) is 40.5 Å². The number of likely N-dealkylation sites (tertiary alicyclic amines) is 1. The van der Waals surface area contributed by atoms with Gasteiger partial charge in [-0.3, -0.25) is 9.58 Å². The van der Waals surface area contributed by atoms with Gasteiger partial charge in [0.15, 0.2) is 0 Å². The van der Waals surface area contributed by atoms with Gasteiger partial charge in [-0.05, 0) is 30.5 Å². The molecule has 0 unspecified atom stereocenters. The Kier molecular flexibility index (Phi) is 3.74. The Morgan fingerprint density at radius 2 is 2.27 bits per heavy atom. The Morgan fingerprint density at radius 1 is 1.32 bits per heavy atom. The lowest BCUT2D eigenvalue weighted by atomic mass is 10.1. The molecule has 1 aliphatic rings. The summed E-state index contributed by atoms with van der Waals surface area (Å²) >= 11 is 1.63. The average Bonchev–Trinajstić information content (AvgIpc) is 3.21. The van der Waals surface area contributed by atoms with Gasteiger partial charge in [-0.15, -0.1) is 11.3 Å². The fourth-order valence-corrected chi connectivity index (χ4v) is 3.35. The first-order valence-corrected chi connectivity index (χ1v) is 8.34. The summed E-state index contributed by atoms with van der Waals surface area (Å²) in [5.74, 6) is 1.43. The van der Waals surface area contributed by atoms with Crippen molar-refractivity contribution in [1.82, 2.24) is 24.8 Å². The van der Waals surface area contributed by atoms with E-state index in [-0.39, 0.29) is 0 Å². The Labute approximate surface area is 132 Å². The summed E-state index contributed by atoms with van der Waals surface area (Å²) in [5, 5.41) is 10.3. The summed E-state index contributed by atoms with van der Waals surface area (Å²) in [7, 11) is 0. The van der Waals surface area contributed by atoms with E-state index >= 15 is 0 Å². The predicted molar refractivity (Wildman–Crippen MR) is 83.6 cm³/mol. The molecular formula is C15H17N5OS. The van der Waals surface area contributed by atoms with Crippen molar-refractivity contribution in [2.75, 3.05) is 19.6 Å². The molecule has 0 N–H and O–H groups in total. The van der Waals surface area contributed by atoms with Gasteiger partial charge in [0.1, 0.15) is 0 Å². The van der Waals surface area contributed by atoms with Crippen LogP contribution in [0.2, 0.25) is 0 Å². The first kappa shape index (κ1) is 13.7. The highest BCUT2D eigenvalue weighted by Crippen LogP contribution is 2.22. The number of aromatic nitrogens is 4. The van der Waals surface area contributed by atoms with Gasteiger partial charge in [0.05, 0.1) is 10.9 Å². The van der Waals surface area contributed by atoms with Crippen LogP contribution in [0.25, 0.3) is 10.7 Å². The van der Waals surface area contributed by atoms with Gasteiger partial charge in [-0.1, -0.05) is 11.2 Å². The molecule has 3 aromatic rings. The number of nitrogens with zero attached hydrogens (tertiary/aromatic N) is 5. The molecule has 0 aromatic carbocycles. The van der Waals surface area contributed by atoms with Gasteiger partial charge in [0.25, 0.3) is 0 Å². The van der Waals surface area contributed by atoms with Crippen molar-refractivity contribution in [2.24, 2.45) is 0 Å². The third kappa shape index (κ3) is 2.82. The smallest absolute Gasteiger partial charge is 0.227 e. The van der Waals surface area contributed by atoms with Crippen LogP contribution in [0.3, 0.4) is 0 Å². The molecule has 6 nitrogen and oxygen atoms in total. The van der Waals surface area contributed by atoms with Crippen LogP contribution in [0.4, 0.5) is 0 Å². The molecule has 1 saturated heterocycles. The quantitative estimate of drug-likeness (QED) is 0.699. The standard InChI is InChI=1S/C15H17N5OS/c1(7-19-10-12(11-19)20-8-3-6-16-20)5-14-17-15(18-21-14)13-4-2-9-22-13/h2-4,6,8-9,12H,1,5,7,10-11H2. The van der Waals surface area contributed by atoms with E-state index in [0.29, 0.717) is 11.9 Å². The SMILES string of the molecule is c1csc(-c2noc(CCCN3CC(n4cccn4)C3)n2)c1. The molecule has 1 fully saturated rings. The van der Waals surface area contributed by atoms with Gasteiger partial charge in [0, 0.05) is 31.9 Å². The van der Waals surface area contributed by atoms with Crippen molar-refractivity contribution in [2.45, 2.75) is 18.9 Å². The van der Waals surface area contributed by atoms with Crippen molar-refractivity contribution in [1.29, 1.82) is 0 Å². The average molecular weight is 315 g/mol. The van der Waals surface area contributed by atoms with E-state index in [0.717, 1.165) is 43.2 Å². The Hall–Kier alpha value is -1.99. The summed E-state index contributed by atoms with van der Waals surface area (Å²) < 4.78 is 7.36. The highest BCUT2D eigenvalue weighted by atomic mass is 32.1. The highest BCUT2D eigenvalue weighted by Gasteiger charge is 2.27. The third-order valence-electron chi connectivity index (χ3n) is 3.91. The van der Waals surface area contributed by atoms with Crippen LogP contribution in [0, 0.1) is 0 Å². The second-order valence-corrected chi connectivity index (χ2v) is 6.44. The molecule has 4 rings (SSSR count). The zero-order valence-electron chi connectivity index (χ0n) is 12.1. The molecule has 0 radical (unpaired) electrons. The summed E-state index contributed by atoms with van der Waals surface area (Å²) in [5.41, 5.74) is 0. The second-order valence-electron chi connectivity index (χ2n) is 5.49. The van der Waals surface area contributed by atoms with Gasteiger partial charge in [0.2, 0.25) is 11.7 Å². The van der Waals surface area contributed by atoms with Crippen molar-refractivity contribution in [3.05, 3.63) is 41.9 Å². The van der Waals surface area contributed by atoms with Gasteiger partial charge in [-0.25, -0.2) is 0 Å². The topological polar surface area (TPSA) is 60.0 Å². The minimum absolute atomic E-state index is 0.531. The maximum Gasteiger partial charge on any atom is 0.227 e. The third-order valence-corrected chi connectivity index (χ3v) is 4.78. The van der Waals surface area contributed by atoms with Crippen LogP contribution in [0.5, 0.6) is 0 Å². The molecule has 4 heterocycles. The Bertz CT molecular complexity index is 700. The lowest BCUT2D eigenvalue weighted by Crippen LogP contribution is -2.48. The van der Waals surface area contributed by atoms with Crippen molar-refractivity contribution in [3.8, 4) is 10.7 Å². The van der Waals surface area contributed by atoms with Gasteiger partial charge in [-0.2, -0.15) is 10.1 Å². The molecule has 22 heavy (non-hydrogen) atoms. The van der Waals surface area contributed by atoms with Crippen LogP contribution >= 0.6 is 11.3 Å². The van der Waals surface area contributed by atoms with E-state index in [1.807, 2.05) is 40.7 Å². The zero-order valence-corrected chi connectivity index (χ0v) is 12.9. The zero-order chi connectivity index (χ0) is 14.8. The van der Waals surface area contributed by atoms with Crippen LogP contribution in [-0.2, 0) is 6.42 Å². The van der Waals surface area contributed by atoms with E-state index in [1.165, 1.54) is 0 Å². The molecule has 0 spiro atoms. The Morgan fingerprint density at radius 3 is 3.05 bits per heavy atom. The highest BCUT2D eigenvalue weighted by molar-refractivity contribution is 7.13. The predicted octanol–water partition coefficient (Wildman–Crippen LogP) is 2.48. The monoisotopic (exact) mass is 315 g/mol. The molecule has 0 saturated carbocycles. The first-order chi connectivity index (χ1) is 10.9. The van der Waals surface area contributed by atoms with E-state index in [2.05, 4.69) is 20.1 Å². The second kappa shape index (κ2) is 6.02. The molecule has 7 heteroatoms. The van der Waals surface area contributed by atoms with Crippen molar-refractivity contribution < 1.29 is 4.52 Å². The number of rotatable bonds is 6. The summed E-state index contributed by atoms with van der Waals surface area (Å²) in [4.78, 5) is 7.94. The largest absolute Gasteiger partial charge is 0.339 e. The number of thiophene rings is 1. The van der Waals surface area contributed by atoms with Crippen LogP contribution < -0.4 is 0 Å². The molecule has 0 amide bonds. The molecule has 0 atom stereocenters. The van der Waals surface area contributed by atoms with E-state index in [1.54, 1.807) is 11.3 Å². The number of aryl methyl sites for hydroxylation is 1. The fraction of sp³-hybridized carbons (Fsp3) is 0.400. The maximum atomic E-state index is 5.31. The fourth-order valence-electron chi connectivity index (χ4n) is 2.71. The Balaban J connectivity index is 1.22. The van der Waals surface area contributed by atoms with E-state index < -0.39 is 0 Å². The maximum absolute atomic E-state index is 5.31. The molecule has 0 bridgehead atoms. The summed E-state index contributed by atoms with van der Waals surface area (Å²) in [6, 6.07) is 6.51. The summed E-state index contributed by atoms with van der Waals surface area (Å²) in [6.07, 6.45) is 5.75. The molecule has 3 aromatic heterocycles. The van der Waals surface area contributed by atoms with E-state index in [9.17, 15) is 0 Å². The molecule has 1 aliphatic heterocycles. The minimum atomic E-state index is 0.531. The van der Waals surface area contributed by atoms with Crippen molar-refractivity contribution >= 4 is 11.3 Å². The lowest BCUT2D eigenvalue weighted by molar-refractivity contribution is 0.0967. The number of hydrogen-bond acceptors (Lipinski definition) is 6. The summed E-state index contributed by atoms with van der Waals surface area (Å²) in [6.45, 7) is 3.21. The van der Waals surface area contributed by atoms with Crippen LogP contribution in [0.1, 0.15) is 18.4 Å². The lowest BCUT2D eigenvalue weighted by Gasteiger charge is -2.39. The normalized spacial score (nSPS) is 16.0. The van der Waals surface area contributed by atoms with Crippen LogP contribution in [-0.4, -0.2) is 44.5 Å². The first-order valence-electron chi connectivity index (χ1n) is 7.46. The van der Waals surface area contributed by atoms with E-state index in [4.69, 9.17) is 4.52 Å². The number of hydrogen-bond donors (Lipinski definition) is 0. The molecule has 0 aliphatic carbocycles.